The number of benzene rings is 1. The van der Waals surface area contributed by atoms with Crippen molar-refractivity contribution in [2.75, 3.05) is 18.4 Å². The van der Waals surface area contributed by atoms with Gasteiger partial charge >= 0.3 is 12.7 Å². The summed E-state index contributed by atoms with van der Waals surface area (Å²) in [6, 6.07) is 6.81. The summed E-state index contributed by atoms with van der Waals surface area (Å²) in [6.07, 6.45) is 3.18. The molecule has 0 bridgehead atoms. The Morgan fingerprint density at radius 3 is 3.03 bits per heavy atom. The van der Waals surface area contributed by atoms with E-state index in [-0.39, 0.29) is 30.0 Å². The lowest BCUT2D eigenvalue weighted by atomic mass is 10.1. The van der Waals surface area contributed by atoms with Crippen molar-refractivity contribution >= 4 is 22.9 Å². The van der Waals surface area contributed by atoms with Crippen LogP contribution in [-0.2, 0) is 0 Å². The molecule has 2 aromatic heterocycles. The Morgan fingerprint density at radius 2 is 2.29 bits per heavy atom. The molecule has 0 saturated carbocycles. The zero-order chi connectivity index (χ0) is 22.0. The highest BCUT2D eigenvalue weighted by Crippen LogP contribution is 2.35. The van der Waals surface area contributed by atoms with Crippen molar-refractivity contribution in [3.8, 4) is 23.1 Å². The van der Waals surface area contributed by atoms with Crippen LogP contribution < -0.4 is 10.1 Å². The lowest BCUT2D eigenvalue weighted by molar-refractivity contribution is -0.0498. The number of rotatable bonds is 5. The molecule has 1 aliphatic rings. The molecule has 3 N–H and O–H groups in total. The predicted octanol–water partition coefficient (Wildman–Crippen LogP) is 3.65. The number of nitrogens with zero attached hydrogens (tertiary/aromatic N) is 4. The number of aromatic amines is 1. The van der Waals surface area contributed by atoms with E-state index in [0.29, 0.717) is 35.0 Å². The fourth-order valence-corrected chi connectivity index (χ4v) is 3.66. The molecule has 4 rings (SSSR count). The molecule has 1 amide bonds. The minimum Gasteiger partial charge on any atom is -0.465 e. The summed E-state index contributed by atoms with van der Waals surface area (Å²) in [7, 11) is 0. The van der Waals surface area contributed by atoms with E-state index in [9.17, 15) is 18.7 Å². The number of carboxylic acid groups (broad SMARTS) is 1. The summed E-state index contributed by atoms with van der Waals surface area (Å²) < 4.78 is 30.5. The van der Waals surface area contributed by atoms with E-state index in [1.165, 1.54) is 4.90 Å². The molecule has 0 spiro atoms. The smallest absolute Gasteiger partial charge is 0.407 e. The normalized spacial score (nSPS) is 16.3. The number of likely N-dealkylation sites (tertiary alicyclic amines) is 1. The number of amides is 1. The van der Waals surface area contributed by atoms with Crippen LogP contribution in [0, 0.1) is 11.3 Å². The van der Waals surface area contributed by atoms with E-state index in [4.69, 9.17) is 5.26 Å². The number of piperidine rings is 1. The Hall–Kier alpha value is -3.94. The van der Waals surface area contributed by atoms with Crippen LogP contribution in [0.2, 0.25) is 0 Å². The molecule has 1 saturated heterocycles. The van der Waals surface area contributed by atoms with Gasteiger partial charge in [-0.1, -0.05) is 6.07 Å². The zero-order valence-corrected chi connectivity index (χ0v) is 16.2. The Morgan fingerprint density at radius 1 is 1.45 bits per heavy atom. The van der Waals surface area contributed by atoms with Crippen molar-refractivity contribution in [3.05, 3.63) is 36.2 Å². The molecule has 1 aliphatic heterocycles. The lowest BCUT2D eigenvalue weighted by Crippen LogP contribution is -2.44. The second-order valence-corrected chi connectivity index (χ2v) is 7.07. The third-order valence-electron chi connectivity index (χ3n) is 5.06. The summed E-state index contributed by atoms with van der Waals surface area (Å²) in [5.74, 6) is -0.0153. The number of hydrogen-bond acceptors (Lipinski definition) is 6. The van der Waals surface area contributed by atoms with E-state index in [0.717, 1.165) is 12.6 Å². The van der Waals surface area contributed by atoms with Gasteiger partial charge in [0.25, 0.3) is 0 Å². The van der Waals surface area contributed by atoms with Crippen molar-refractivity contribution in [2.24, 2.45) is 0 Å². The van der Waals surface area contributed by atoms with Crippen LogP contribution in [0.4, 0.5) is 19.5 Å². The van der Waals surface area contributed by atoms with Gasteiger partial charge in [-0.15, -0.1) is 0 Å². The molecular weight excluding hydrogens is 410 g/mol. The zero-order valence-electron chi connectivity index (χ0n) is 16.2. The van der Waals surface area contributed by atoms with Crippen LogP contribution in [-0.4, -0.2) is 56.8 Å². The van der Waals surface area contributed by atoms with Crippen LogP contribution >= 0.6 is 0 Å². The predicted molar refractivity (Wildman–Crippen MR) is 107 cm³/mol. The highest BCUT2D eigenvalue weighted by molar-refractivity contribution is 5.96. The number of aromatic nitrogens is 3. The van der Waals surface area contributed by atoms with Crippen molar-refractivity contribution in [3.63, 3.8) is 0 Å². The maximum Gasteiger partial charge on any atom is 0.407 e. The summed E-state index contributed by atoms with van der Waals surface area (Å²) in [6.45, 7) is -2.33. The van der Waals surface area contributed by atoms with Gasteiger partial charge in [0, 0.05) is 41.8 Å². The van der Waals surface area contributed by atoms with Gasteiger partial charge < -0.3 is 25.0 Å². The fourth-order valence-electron chi connectivity index (χ4n) is 3.66. The number of nitrogens with one attached hydrogen (secondary N) is 2. The van der Waals surface area contributed by atoms with Crippen LogP contribution in [0.1, 0.15) is 18.4 Å². The molecule has 0 radical (unpaired) electrons. The number of H-pyrrole nitrogens is 1. The molecule has 1 fully saturated rings. The minimum atomic E-state index is -3.06. The number of fused-ring (bicyclic) bond motifs is 1. The Kier molecular flexibility index (Phi) is 5.53. The van der Waals surface area contributed by atoms with Gasteiger partial charge in [0.1, 0.15) is 5.69 Å². The third kappa shape index (κ3) is 4.32. The summed E-state index contributed by atoms with van der Waals surface area (Å²) in [5, 5.41) is 22.0. The first kappa shape index (κ1) is 20.3. The second-order valence-electron chi connectivity index (χ2n) is 7.07. The van der Waals surface area contributed by atoms with Crippen LogP contribution in [0.25, 0.3) is 22.2 Å². The van der Waals surface area contributed by atoms with Gasteiger partial charge in [-0.05, 0) is 25.0 Å². The fraction of sp³-hybridized carbons (Fsp3) is 0.300. The minimum absolute atomic E-state index is 0.152. The molecule has 1 aromatic carbocycles. The monoisotopic (exact) mass is 428 g/mol. The first-order chi connectivity index (χ1) is 14.9. The van der Waals surface area contributed by atoms with Crippen molar-refractivity contribution < 1.29 is 23.4 Å². The van der Waals surface area contributed by atoms with Gasteiger partial charge in [0.2, 0.25) is 5.95 Å². The molecule has 9 nitrogen and oxygen atoms in total. The van der Waals surface area contributed by atoms with Crippen molar-refractivity contribution in [2.45, 2.75) is 25.5 Å². The molecule has 31 heavy (non-hydrogen) atoms. The number of nitriles is 1. The molecule has 11 heteroatoms. The van der Waals surface area contributed by atoms with E-state index >= 15 is 0 Å². The average molecular weight is 428 g/mol. The van der Waals surface area contributed by atoms with Crippen LogP contribution in [0.5, 0.6) is 5.75 Å². The molecule has 3 aromatic rings. The van der Waals surface area contributed by atoms with Crippen molar-refractivity contribution in [1.82, 2.24) is 19.9 Å². The van der Waals surface area contributed by atoms with E-state index in [2.05, 4.69) is 25.0 Å². The van der Waals surface area contributed by atoms with Gasteiger partial charge in [-0.2, -0.15) is 14.0 Å². The Balaban J connectivity index is 1.69. The third-order valence-corrected chi connectivity index (χ3v) is 5.06. The quantitative estimate of drug-likeness (QED) is 0.566. The number of carbonyl (C=O) groups is 1. The maximum absolute atomic E-state index is 12.9. The molecule has 0 aliphatic carbocycles. The topological polar surface area (TPSA) is 127 Å². The average Bonchev–Trinajstić information content (AvgIpc) is 3.17. The van der Waals surface area contributed by atoms with E-state index in [1.54, 1.807) is 24.4 Å². The summed E-state index contributed by atoms with van der Waals surface area (Å²) in [4.78, 5) is 24.0. The van der Waals surface area contributed by atoms with E-state index in [1.807, 2.05) is 6.07 Å². The second kappa shape index (κ2) is 8.43. The molecule has 0 unspecified atom stereocenters. The number of halogens is 2. The first-order valence-corrected chi connectivity index (χ1v) is 9.52. The van der Waals surface area contributed by atoms with Gasteiger partial charge in [-0.3, -0.25) is 0 Å². The maximum atomic E-state index is 12.9. The highest BCUT2D eigenvalue weighted by atomic mass is 19.3. The SMILES string of the molecule is N#Cc1ccc2c(-c3nc(N[C@H]4CCCN(C(=O)O)C4)ncc3OC(F)F)c[nH]c2c1. The summed E-state index contributed by atoms with van der Waals surface area (Å²) in [5.41, 5.74) is 1.76. The highest BCUT2D eigenvalue weighted by Gasteiger charge is 2.24. The van der Waals surface area contributed by atoms with Gasteiger partial charge in [0.15, 0.2) is 5.75 Å². The standard InChI is InChI=1S/C20H18F2N6O3/c21-18(22)31-16-9-25-19(26-12-2-1-5-28(10-12)20(29)30)27-17(16)14-8-24-15-6-11(7-23)3-4-13(14)15/h3-4,6,8-9,12,18,24H,1-2,5,10H2,(H,29,30)(H,25,26,27)/t12-/m0/s1. The number of hydrogen-bond donors (Lipinski definition) is 3. The first-order valence-electron chi connectivity index (χ1n) is 9.52. The van der Waals surface area contributed by atoms with E-state index < -0.39 is 12.7 Å². The number of alkyl halides is 2. The number of ether oxygens (including phenoxy) is 1. The Bertz CT molecular complexity index is 1160. The molecule has 3 heterocycles. The number of anilines is 1. The summed E-state index contributed by atoms with van der Waals surface area (Å²) >= 11 is 0. The molecular formula is C20H18F2N6O3. The lowest BCUT2D eigenvalue weighted by Gasteiger charge is -2.31. The largest absolute Gasteiger partial charge is 0.465 e. The van der Waals surface area contributed by atoms with Crippen molar-refractivity contribution in [1.29, 1.82) is 5.26 Å². The van der Waals surface area contributed by atoms with Gasteiger partial charge in [0.05, 0.1) is 17.8 Å². The van der Waals surface area contributed by atoms with Crippen LogP contribution in [0.3, 0.4) is 0 Å². The Labute approximate surface area is 175 Å². The molecule has 1 atom stereocenters. The van der Waals surface area contributed by atoms with Crippen LogP contribution in [0.15, 0.2) is 30.6 Å². The molecule has 160 valence electrons. The van der Waals surface area contributed by atoms with Gasteiger partial charge in [-0.25, -0.2) is 14.8 Å².